The fourth-order valence-corrected chi connectivity index (χ4v) is 1.64. The van der Waals surface area contributed by atoms with Crippen LogP contribution >= 0.6 is 0 Å². The van der Waals surface area contributed by atoms with Crippen molar-refractivity contribution in [3.63, 3.8) is 0 Å². The number of amides is 1. The number of nitrogens with zero attached hydrogens (tertiary/aromatic N) is 2. The van der Waals surface area contributed by atoms with E-state index in [1.165, 1.54) is 0 Å². The molecule has 0 saturated carbocycles. The van der Waals surface area contributed by atoms with Crippen LogP contribution in [0.3, 0.4) is 0 Å². The van der Waals surface area contributed by atoms with Crippen LogP contribution in [-0.2, 0) is 4.79 Å². The van der Waals surface area contributed by atoms with Gasteiger partial charge in [0, 0.05) is 13.1 Å². The van der Waals surface area contributed by atoms with Gasteiger partial charge in [0.05, 0.1) is 6.04 Å². The molecule has 0 aliphatic rings. The molecule has 0 saturated heterocycles. The third-order valence-corrected chi connectivity index (χ3v) is 2.69. The molecule has 0 aromatic heterocycles. The zero-order valence-electron chi connectivity index (χ0n) is 14.3. The molecule has 0 heterocycles. The summed E-state index contributed by atoms with van der Waals surface area (Å²) in [5.74, 6) is 0.125. The predicted octanol–water partition coefficient (Wildman–Crippen LogP) is -0.278. The number of nitrogens with two attached hydrogens (primary N) is 2. The SMILES string of the molecule is CC.CNC(CCCN=C(N)N)C(=O)NCCCN(C)C. The summed E-state index contributed by atoms with van der Waals surface area (Å²) in [6.45, 7) is 6.21. The number of nitrogens with one attached hydrogen (secondary N) is 2. The summed E-state index contributed by atoms with van der Waals surface area (Å²) in [7, 11) is 5.81. The molecule has 0 aromatic rings. The minimum absolute atomic E-state index is 0.0333. The average molecular weight is 302 g/mol. The van der Waals surface area contributed by atoms with Gasteiger partial charge in [-0.05, 0) is 47.0 Å². The van der Waals surface area contributed by atoms with E-state index in [1.54, 1.807) is 7.05 Å². The summed E-state index contributed by atoms with van der Waals surface area (Å²) in [5, 5.41) is 5.93. The maximum atomic E-state index is 11.9. The van der Waals surface area contributed by atoms with E-state index in [9.17, 15) is 4.79 Å². The molecule has 1 unspecified atom stereocenters. The molecule has 0 aliphatic heterocycles. The summed E-state index contributed by atoms with van der Waals surface area (Å²) < 4.78 is 0. The highest BCUT2D eigenvalue weighted by atomic mass is 16.2. The van der Waals surface area contributed by atoms with Crippen LogP contribution in [0, 0.1) is 0 Å². The second-order valence-corrected chi connectivity index (χ2v) is 4.74. The Morgan fingerprint density at radius 2 is 1.86 bits per heavy atom. The van der Waals surface area contributed by atoms with Crippen LogP contribution in [0.2, 0.25) is 0 Å². The largest absolute Gasteiger partial charge is 0.370 e. The number of guanidine groups is 1. The van der Waals surface area contributed by atoms with E-state index in [-0.39, 0.29) is 17.9 Å². The van der Waals surface area contributed by atoms with E-state index in [0.717, 1.165) is 19.4 Å². The highest BCUT2D eigenvalue weighted by Gasteiger charge is 2.14. The fraction of sp³-hybridized carbons (Fsp3) is 0.857. The maximum absolute atomic E-state index is 11.9. The first-order valence-corrected chi connectivity index (χ1v) is 7.62. The van der Waals surface area contributed by atoms with Crippen LogP contribution in [0.15, 0.2) is 4.99 Å². The van der Waals surface area contributed by atoms with Gasteiger partial charge in [0.1, 0.15) is 0 Å². The number of carbonyl (C=O) groups excluding carboxylic acids is 1. The van der Waals surface area contributed by atoms with Crippen molar-refractivity contribution < 1.29 is 4.79 Å². The monoisotopic (exact) mass is 302 g/mol. The van der Waals surface area contributed by atoms with Gasteiger partial charge in [-0.2, -0.15) is 0 Å². The molecule has 6 N–H and O–H groups in total. The molecule has 0 fully saturated rings. The van der Waals surface area contributed by atoms with Crippen molar-refractivity contribution >= 4 is 11.9 Å². The van der Waals surface area contributed by atoms with Crippen LogP contribution in [-0.4, -0.2) is 63.6 Å². The molecule has 0 spiro atoms. The Morgan fingerprint density at radius 3 is 2.33 bits per heavy atom. The molecule has 7 heteroatoms. The van der Waals surface area contributed by atoms with Crippen molar-refractivity contribution in [2.24, 2.45) is 16.5 Å². The van der Waals surface area contributed by atoms with Crippen molar-refractivity contribution in [1.82, 2.24) is 15.5 Å². The molecule has 0 aromatic carbocycles. The number of hydrogen-bond acceptors (Lipinski definition) is 4. The molecular weight excluding hydrogens is 268 g/mol. The van der Waals surface area contributed by atoms with Crippen LogP contribution in [0.5, 0.6) is 0 Å². The molecule has 0 radical (unpaired) electrons. The van der Waals surface area contributed by atoms with Gasteiger partial charge >= 0.3 is 0 Å². The fourth-order valence-electron chi connectivity index (χ4n) is 1.64. The third-order valence-electron chi connectivity index (χ3n) is 2.69. The van der Waals surface area contributed by atoms with Crippen LogP contribution in [0.4, 0.5) is 0 Å². The van der Waals surface area contributed by atoms with Crippen molar-refractivity contribution in [3.8, 4) is 0 Å². The summed E-state index contributed by atoms with van der Waals surface area (Å²) >= 11 is 0. The molecule has 126 valence electrons. The minimum Gasteiger partial charge on any atom is -0.370 e. The lowest BCUT2D eigenvalue weighted by Crippen LogP contribution is -2.43. The lowest BCUT2D eigenvalue weighted by atomic mass is 10.1. The highest BCUT2D eigenvalue weighted by molar-refractivity contribution is 5.81. The van der Waals surface area contributed by atoms with Crippen molar-refractivity contribution in [2.75, 3.05) is 40.8 Å². The molecule has 1 amide bonds. The van der Waals surface area contributed by atoms with Gasteiger partial charge in [0.2, 0.25) is 5.91 Å². The minimum atomic E-state index is -0.187. The van der Waals surface area contributed by atoms with Gasteiger partial charge in [-0.15, -0.1) is 0 Å². The first-order chi connectivity index (χ1) is 9.97. The Balaban J connectivity index is 0. The Kier molecular flexibility index (Phi) is 15.7. The number of carbonyl (C=O) groups is 1. The van der Waals surface area contributed by atoms with Gasteiger partial charge in [-0.25, -0.2) is 0 Å². The second kappa shape index (κ2) is 15.1. The molecule has 0 aliphatic carbocycles. The molecule has 7 nitrogen and oxygen atoms in total. The zero-order chi connectivity index (χ0) is 16.7. The first-order valence-electron chi connectivity index (χ1n) is 7.62. The van der Waals surface area contributed by atoms with Gasteiger partial charge < -0.3 is 27.0 Å². The Bertz CT molecular complexity index is 277. The summed E-state index contributed by atoms with van der Waals surface area (Å²) in [5.41, 5.74) is 10.5. The third kappa shape index (κ3) is 14.9. The summed E-state index contributed by atoms with van der Waals surface area (Å²) in [6, 6.07) is -0.187. The van der Waals surface area contributed by atoms with Gasteiger partial charge in [-0.1, -0.05) is 13.8 Å². The van der Waals surface area contributed by atoms with E-state index >= 15 is 0 Å². The standard InChI is InChI=1S/C12H28N6O.C2H6/c1-15-10(6-4-7-17-12(13)14)11(19)16-8-5-9-18(2)3;1-2/h10,15H,4-9H2,1-3H3,(H,16,19)(H4,13,14,17);1-2H3. The van der Waals surface area contributed by atoms with Crippen LogP contribution in [0.1, 0.15) is 33.1 Å². The average Bonchev–Trinajstić information content (AvgIpc) is 2.45. The molecular formula is C14H34N6O. The van der Waals surface area contributed by atoms with Crippen molar-refractivity contribution in [1.29, 1.82) is 0 Å². The van der Waals surface area contributed by atoms with E-state index in [0.29, 0.717) is 19.5 Å². The smallest absolute Gasteiger partial charge is 0.237 e. The van der Waals surface area contributed by atoms with E-state index in [4.69, 9.17) is 11.5 Å². The molecule has 0 bridgehead atoms. The lowest BCUT2D eigenvalue weighted by Gasteiger charge is -2.16. The summed E-state index contributed by atoms with van der Waals surface area (Å²) in [4.78, 5) is 17.9. The predicted molar refractivity (Wildman–Crippen MR) is 90.3 cm³/mol. The molecule has 0 rings (SSSR count). The number of aliphatic imine (C=N–C) groups is 1. The van der Waals surface area contributed by atoms with Crippen molar-refractivity contribution in [3.05, 3.63) is 0 Å². The van der Waals surface area contributed by atoms with E-state index in [1.807, 2.05) is 27.9 Å². The Hall–Kier alpha value is -1.34. The van der Waals surface area contributed by atoms with Gasteiger partial charge in [-0.3, -0.25) is 9.79 Å². The van der Waals surface area contributed by atoms with Crippen LogP contribution in [0.25, 0.3) is 0 Å². The first kappa shape index (κ1) is 21.9. The van der Waals surface area contributed by atoms with E-state index in [2.05, 4.69) is 20.5 Å². The number of likely N-dealkylation sites (N-methyl/N-ethyl adjacent to an activating group) is 1. The zero-order valence-corrected chi connectivity index (χ0v) is 14.3. The van der Waals surface area contributed by atoms with Gasteiger partial charge in [0.25, 0.3) is 0 Å². The highest BCUT2D eigenvalue weighted by Crippen LogP contribution is 1.98. The quantitative estimate of drug-likeness (QED) is 0.252. The van der Waals surface area contributed by atoms with Crippen molar-refractivity contribution in [2.45, 2.75) is 39.2 Å². The normalized spacial score (nSPS) is 11.3. The lowest BCUT2D eigenvalue weighted by molar-refractivity contribution is -0.123. The van der Waals surface area contributed by atoms with Gasteiger partial charge in [0.15, 0.2) is 5.96 Å². The Morgan fingerprint density at radius 1 is 1.24 bits per heavy atom. The number of hydrogen-bond donors (Lipinski definition) is 4. The second-order valence-electron chi connectivity index (χ2n) is 4.74. The molecule has 1 atom stereocenters. The maximum Gasteiger partial charge on any atom is 0.237 e. The van der Waals surface area contributed by atoms with Crippen LogP contribution < -0.4 is 22.1 Å². The molecule has 21 heavy (non-hydrogen) atoms. The Labute approximate surface area is 129 Å². The van der Waals surface area contributed by atoms with E-state index < -0.39 is 0 Å². The summed E-state index contributed by atoms with van der Waals surface area (Å²) in [6.07, 6.45) is 2.44. The topological polar surface area (TPSA) is 109 Å². The number of rotatable bonds is 10.